The Kier molecular flexibility index (Phi) is 5.22. The molecule has 1 amide bonds. The van der Waals surface area contributed by atoms with Crippen LogP contribution in [-0.2, 0) is 4.79 Å². The fourth-order valence-corrected chi connectivity index (χ4v) is 4.72. The molecule has 1 atom stereocenters. The largest absolute Gasteiger partial charge is 0.326 e. The van der Waals surface area contributed by atoms with Crippen LogP contribution in [0.4, 0.5) is 0 Å². The van der Waals surface area contributed by atoms with Crippen LogP contribution in [-0.4, -0.2) is 38.8 Å². The lowest BCUT2D eigenvalue weighted by atomic mass is 9.81. The van der Waals surface area contributed by atoms with E-state index in [0.717, 1.165) is 41.5 Å². The molecule has 1 aromatic rings. The summed E-state index contributed by atoms with van der Waals surface area (Å²) in [5.41, 5.74) is -0.624. The number of carbonyl (C=O) groups excluding carboxylic acids is 1. The number of hydrogen-bond acceptors (Lipinski definition) is 6. The molecule has 0 aliphatic heterocycles. The number of aromatic nitrogens is 2. The van der Waals surface area contributed by atoms with Crippen LogP contribution in [0.25, 0.3) is 0 Å². The predicted molar refractivity (Wildman–Crippen MR) is 84.2 cm³/mol. The molecule has 5 nitrogen and oxygen atoms in total. The molecule has 0 bridgehead atoms. The molecular weight excluding hydrogens is 304 g/mol. The Morgan fingerprint density at radius 1 is 1.43 bits per heavy atom. The number of hydrogen-bond donors (Lipinski definition) is 0. The quantitative estimate of drug-likeness (QED) is 0.796. The van der Waals surface area contributed by atoms with Gasteiger partial charge in [0.1, 0.15) is 10.5 Å². The second kappa shape index (κ2) is 6.75. The zero-order valence-electron chi connectivity index (χ0n) is 12.6. The van der Waals surface area contributed by atoms with Crippen LogP contribution in [0.3, 0.4) is 0 Å². The number of amides is 1. The van der Waals surface area contributed by atoms with E-state index in [4.69, 9.17) is 0 Å². The van der Waals surface area contributed by atoms with Crippen LogP contribution in [0.1, 0.15) is 44.0 Å². The molecule has 1 heterocycles. The third kappa shape index (κ3) is 3.55. The first-order valence-corrected chi connectivity index (χ1v) is 8.84. The van der Waals surface area contributed by atoms with Crippen molar-refractivity contribution in [2.24, 2.45) is 0 Å². The summed E-state index contributed by atoms with van der Waals surface area (Å²) in [6, 6.07) is 2.39. The maximum atomic E-state index is 12.6. The molecular formula is C14H20N4OS2. The number of aryl methyl sites for hydroxylation is 1. The molecule has 0 N–H and O–H groups in total. The van der Waals surface area contributed by atoms with Gasteiger partial charge >= 0.3 is 0 Å². The van der Waals surface area contributed by atoms with Gasteiger partial charge in [0.2, 0.25) is 5.91 Å². The molecule has 21 heavy (non-hydrogen) atoms. The van der Waals surface area contributed by atoms with Crippen LogP contribution in [0, 0.1) is 18.3 Å². The van der Waals surface area contributed by atoms with Crippen molar-refractivity contribution in [2.75, 3.05) is 7.05 Å². The third-order valence-corrected chi connectivity index (χ3v) is 6.00. The SMILES string of the molecule is Cc1nnc(S[C@H](C)C(=O)N(C)C2(C#N)CCCCC2)s1. The number of nitrogens with zero attached hydrogens (tertiary/aromatic N) is 4. The average molecular weight is 324 g/mol. The summed E-state index contributed by atoms with van der Waals surface area (Å²) in [5.74, 6) is -0.00342. The van der Waals surface area contributed by atoms with Gasteiger partial charge in [-0.25, -0.2) is 0 Å². The lowest BCUT2D eigenvalue weighted by Crippen LogP contribution is -2.52. The van der Waals surface area contributed by atoms with Crippen LogP contribution in [0.5, 0.6) is 0 Å². The van der Waals surface area contributed by atoms with E-state index < -0.39 is 5.54 Å². The summed E-state index contributed by atoms with van der Waals surface area (Å²) in [4.78, 5) is 14.3. The Balaban J connectivity index is 2.05. The van der Waals surface area contributed by atoms with E-state index >= 15 is 0 Å². The first kappa shape index (κ1) is 16.2. The standard InChI is InChI=1S/C14H20N4OS2/c1-10(20-13-17-16-11(2)21-13)12(19)18(3)14(9-15)7-5-4-6-8-14/h10H,4-8H2,1-3H3/t10-/m1/s1. The Labute approximate surface area is 133 Å². The average Bonchev–Trinajstić information content (AvgIpc) is 2.91. The topological polar surface area (TPSA) is 69.9 Å². The monoisotopic (exact) mass is 324 g/mol. The van der Waals surface area contributed by atoms with Crippen LogP contribution < -0.4 is 0 Å². The Morgan fingerprint density at radius 3 is 2.62 bits per heavy atom. The number of nitriles is 1. The highest BCUT2D eigenvalue weighted by Crippen LogP contribution is 2.34. The second-order valence-electron chi connectivity index (χ2n) is 5.45. The summed E-state index contributed by atoms with van der Waals surface area (Å²) >= 11 is 2.91. The van der Waals surface area contributed by atoms with Gasteiger partial charge in [-0.2, -0.15) is 5.26 Å². The molecule has 0 radical (unpaired) electrons. The molecule has 1 aromatic heterocycles. The Bertz CT molecular complexity index is 545. The maximum absolute atomic E-state index is 12.6. The molecule has 1 aliphatic carbocycles. The number of thioether (sulfide) groups is 1. The fourth-order valence-electron chi connectivity index (χ4n) is 2.67. The van der Waals surface area contributed by atoms with Gasteiger partial charge in [-0.05, 0) is 26.7 Å². The molecule has 1 fully saturated rings. The summed E-state index contributed by atoms with van der Waals surface area (Å²) in [5, 5.41) is 18.2. The second-order valence-corrected chi connectivity index (χ2v) is 8.22. The lowest BCUT2D eigenvalue weighted by Gasteiger charge is -2.39. The van der Waals surface area contributed by atoms with Gasteiger partial charge in [-0.1, -0.05) is 42.4 Å². The first-order valence-electron chi connectivity index (χ1n) is 7.14. The van der Waals surface area contributed by atoms with E-state index in [1.54, 1.807) is 11.9 Å². The van der Waals surface area contributed by atoms with Crippen molar-refractivity contribution in [3.8, 4) is 6.07 Å². The van der Waals surface area contributed by atoms with Gasteiger partial charge in [0, 0.05) is 7.05 Å². The van der Waals surface area contributed by atoms with E-state index in [1.807, 2.05) is 13.8 Å². The normalized spacial score (nSPS) is 18.8. The molecule has 2 rings (SSSR count). The molecule has 114 valence electrons. The van der Waals surface area contributed by atoms with Crippen LogP contribution >= 0.6 is 23.1 Å². The summed E-state index contributed by atoms with van der Waals surface area (Å²) in [6.45, 7) is 3.77. The van der Waals surface area contributed by atoms with Crippen LogP contribution in [0.2, 0.25) is 0 Å². The number of carbonyl (C=O) groups is 1. The van der Waals surface area contributed by atoms with E-state index in [9.17, 15) is 10.1 Å². The third-order valence-electron chi connectivity index (χ3n) is 3.99. The highest BCUT2D eigenvalue weighted by Gasteiger charge is 2.40. The number of rotatable bonds is 4. The van der Waals surface area contributed by atoms with E-state index in [-0.39, 0.29) is 11.2 Å². The van der Waals surface area contributed by atoms with Gasteiger partial charge in [0.25, 0.3) is 0 Å². The van der Waals surface area contributed by atoms with Crippen molar-refractivity contribution in [1.29, 1.82) is 5.26 Å². The van der Waals surface area contributed by atoms with Crippen molar-refractivity contribution >= 4 is 29.0 Å². The van der Waals surface area contributed by atoms with Crippen molar-refractivity contribution in [1.82, 2.24) is 15.1 Å². The Hall–Kier alpha value is -1.13. The zero-order chi connectivity index (χ0) is 15.5. The van der Waals surface area contributed by atoms with Crippen molar-refractivity contribution in [2.45, 2.75) is 61.1 Å². The predicted octanol–water partition coefficient (Wildman–Crippen LogP) is 3.01. The fraction of sp³-hybridized carbons (Fsp3) is 0.714. The van der Waals surface area contributed by atoms with Gasteiger partial charge in [-0.15, -0.1) is 10.2 Å². The first-order chi connectivity index (χ1) is 9.98. The highest BCUT2D eigenvalue weighted by molar-refractivity contribution is 8.02. The summed E-state index contributed by atoms with van der Waals surface area (Å²) in [7, 11) is 1.76. The van der Waals surface area contributed by atoms with Gasteiger partial charge < -0.3 is 4.90 Å². The molecule has 0 saturated heterocycles. The molecule has 0 aromatic carbocycles. The summed E-state index contributed by atoms with van der Waals surface area (Å²) in [6.07, 6.45) is 4.74. The highest BCUT2D eigenvalue weighted by atomic mass is 32.2. The molecule has 7 heteroatoms. The van der Waals surface area contributed by atoms with E-state index in [2.05, 4.69) is 16.3 Å². The lowest BCUT2D eigenvalue weighted by molar-refractivity contribution is -0.133. The minimum absolute atomic E-state index is 0.00342. The summed E-state index contributed by atoms with van der Waals surface area (Å²) < 4.78 is 0.802. The molecule has 1 saturated carbocycles. The van der Waals surface area contributed by atoms with Gasteiger partial charge in [0.05, 0.1) is 11.3 Å². The smallest absolute Gasteiger partial charge is 0.236 e. The Morgan fingerprint density at radius 2 is 2.10 bits per heavy atom. The zero-order valence-corrected chi connectivity index (χ0v) is 14.3. The van der Waals surface area contributed by atoms with Crippen molar-refractivity contribution < 1.29 is 4.79 Å². The minimum Gasteiger partial charge on any atom is -0.326 e. The van der Waals surface area contributed by atoms with E-state index in [1.165, 1.54) is 23.1 Å². The van der Waals surface area contributed by atoms with Crippen molar-refractivity contribution in [3.63, 3.8) is 0 Å². The maximum Gasteiger partial charge on any atom is 0.236 e. The molecule has 1 aliphatic rings. The van der Waals surface area contributed by atoms with Crippen LogP contribution in [0.15, 0.2) is 4.34 Å². The van der Waals surface area contributed by atoms with E-state index in [0.29, 0.717) is 0 Å². The minimum atomic E-state index is -0.624. The van der Waals surface area contributed by atoms with Crippen molar-refractivity contribution in [3.05, 3.63) is 5.01 Å². The van der Waals surface area contributed by atoms with Gasteiger partial charge in [-0.3, -0.25) is 4.79 Å². The molecule has 0 spiro atoms. The van der Waals surface area contributed by atoms with Gasteiger partial charge in [0.15, 0.2) is 4.34 Å². The molecule has 0 unspecified atom stereocenters.